The molecule has 8 heteroatoms. The first-order valence-corrected chi connectivity index (χ1v) is 11.2. The number of carboxylic acids is 1. The molecule has 2 aromatic rings. The van der Waals surface area contributed by atoms with Crippen LogP contribution in [0.15, 0.2) is 54.6 Å². The number of rotatable bonds is 9. The van der Waals surface area contributed by atoms with Gasteiger partial charge in [-0.1, -0.05) is 42.5 Å². The van der Waals surface area contributed by atoms with Crippen molar-refractivity contribution >= 4 is 16.0 Å². The molecular formula is C21H25FN2O4S. The highest BCUT2D eigenvalue weighted by Crippen LogP contribution is 2.29. The topological polar surface area (TPSA) is 86.7 Å². The lowest BCUT2D eigenvalue weighted by atomic mass is 10.0. The van der Waals surface area contributed by atoms with Crippen molar-refractivity contribution in [3.05, 3.63) is 71.3 Å². The molecule has 3 rings (SSSR count). The number of halogens is 1. The monoisotopic (exact) mass is 420 g/mol. The fourth-order valence-corrected chi connectivity index (χ4v) is 4.62. The van der Waals surface area contributed by atoms with Gasteiger partial charge in [0.2, 0.25) is 10.0 Å². The second-order valence-corrected chi connectivity index (χ2v) is 9.16. The van der Waals surface area contributed by atoms with Crippen LogP contribution in [0.1, 0.15) is 40.4 Å². The van der Waals surface area contributed by atoms with E-state index < -0.39 is 22.2 Å². The molecule has 0 saturated carbocycles. The van der Waals surface area contributed by atoms with Crippen LogP contribution in [0.5, 0.6) is 0 Å². The molecule has 2 aromatic carbocycles. The number of likely N-dealkylation sites (tertiary alicyclic amines) is 1. The summed E-state index contributed by atoms with van der Waals surface area (Å²) in [6.07, 6.45) is -0.0326. The molecule has 0 bridgehead atoms. The first-order chi connectivity index (χ1) is 13.8. The van der Waals surface area contributed by atoms with E-state index in [1.165, 1.54) is 12.1 Å². The zero-order valence-electron chi connectivity index (χ0n) is 16.0. The van der Waals surface area contributed by atoms with Crippen molar-refractivity contribution < 1.29 is 22.7 Å². The minimum atomic E-state index is -3.54. The SMILES string of the molecule is O=C(O)c1ccc(CNS(=O)(=O)CC[C@H](c2ccccc2)N2CC[C@@H](F)C2)cc1. The van der Waals surface area contributed by atoms with Crippen molar-refractivity contribution in [3.63, 3.8) is 0 Å². The van der Waals surface area contributed by atoms with Gasteiger partial charge in [-0.3, -0.25) is 4.90 Å². The van der Waals surface area contributed by atoms with Crippen LogP contribution in [0.4, 0.5) is 4.39 Å². The van der Waals surface area contributed by atoms with E-state index in [4.69, 9.17) is 5.11 Å². The van der Waals surface area contributed by atoms with Crippen molar-refractivity contribution in [2.45, 2.75) is 31.6 Å². The summed E-state index contributed by atoms with van der Waals surface area (Å²) in [4.78, 5) is 12.9. The summed E-state index contributed by atoms with van der Waals surface area (Å²) in [6.45, 7) is 1.03. The predicted octanol–water partition coefficient (Wildman–Crippen LogP) is 2.98. The number of hydrogen-bond donors (Lipinski definition) is 2. The summed E-state index contributed by atoms with van der Waals surface area (Å²) in [5.74, 6) is -1.10. The molecule has 0 amide bonds. The van der Waals surface area contributed by atoms with E-state index in [1.54, 1.807) is 12.1 Å². The van der Waals surface area contributed by atoms with Crippen LogP contribution in [0.2, 0.25) is 0 Å². The first-order valence-electron chi connectivity index (χ1n) is 9.57. The lowest BCUT2D eigenvalue weighted by molar-refractivity contribution is 0.0697. The molecule has 0 aromatic heterocycles. The highest BCUT2D eigenvalue weighted by atomic mass is 32.2. The maximum absolute atomic E-state index is 13.7. The van der Waals surface area contributed by atoms with Crippen molar-refractivity contribution in [2.75, 3.05) is 18.8 Å². The van der Waals surface area contributed by atoms with Crippen LogP contribution in [0.3, 0.4) is 0 Å². The summed E-state index contributed by atoms with van der Waals surface area (Å²) in [6, 6.07) is 15.5. The van der Waals surface area contributed by atoms with Crippen LogP contribution >= 0.6 is 0 Å². The lowest BCUT2D eigenvalue weighted by Gasteiger charge is -2.28. The molecule has 0 radical (unpaired) electrons. The van der Waals surface area contributed by atoms with Crippen LogP contribution in [-0.4, -0.2) is 49.4 Å². The Kier molecular flexibility index (Phi) is 7.00. The van der Waals surface area contributed by atoms with E-state index in [0.717, 1.165) is 5.56 Å². The number of alkyl halides is 1. The first kappa shape index (κ1) is 21.4. The van der Waals surface area contributed by atoms with Gasteiger partial charge in [-0.15, -0.1) is 0 Å². The number of nitrogens with one attached hydrogen (secondary N) is 1. The number of nitrogens with zero attached hydrogens (tertiary/aromatic N) is 1. The summed E-state index contributed by atoms with van der Waals surface area (Å²) in [5, 5.41) is 8.92. The zero-order chi connectivity index (χ0) is 20.9. The molecule has 1 saturated heterocycles. The quantitative estimate of drug-likeness (QED) is 0.651. The summed E-state index contributed by atoms with van der Waals surface area (Å²) in [7, 11) is -3.54. The second-order valence-electron chi connectivity index (χ2n) is 7.24. The van der Waals surface area contributed by atoms with Gasteiger partial charge < -0.3 is 5.11 Å². The van der Waals surface area contributed by atoms with E-state index in [0.29, 0.717) is 31.5 Å². The van der Waals surface area contributed by atoms with E-state index in [2.05, 4.69) is 4.72 Å². The minimum Gasteiger partial charge on any atom is -0.478 e. The third-order valence-corrected chi connectivity index (χ3v) is 6.50. The van der Waals surface area contributed by atoms with Crippen LogP contribution < -0.4 is 4.72 Å². The number of benzene rings is 2. The fraction of sp³-hybridized carbons (Fsp3) is 0.381. The largest absolute Gasteiger partial charge is 0.478 e. The van der Waals surface area contributed by atoms with Crippen molar-refractivity contribution in [2.24, 2.45) is 0 Å². The van der Waals surface area contributed by atoms with Gasteiger partial charge in [0.1, 0.15) is 6.17 Å². The average molecular weight is 421 g/mol. The van der Waals surface area contributed by atoms with Gasteiger partial charge in [0, 0.05) is 25.7 Å². The second kappa shape index (κ2) is 9.47. The van der Waals surface area contributed by atoms with Crippen LogP contribution in [0.25, 0.3) is 0 Å². The standard InChI is InChI=1S/C21H25FN2O4S/c22-19-10-12-24(15-19)20(17-4-2-1-3-5-17)11-13-29(27,28)23-14-16-6-8-18(9-7-16)21(25)26/h1-9,19-20,23H,10-15H2,(H,25,26)/t19-,20-/m1/s1. The Morgan fingerprint density at radius 2 is 1.86 bits per heavy atom. The molecule has 0 aliphatic carbocycles. The molecule has 1 aliphatic heterocycles. The highest BCUT2D eigenvalue weighted by Gasteiger charge is 2.30. The molecule has 0 spiro atoms. The summed E-state index contributed by atoms with van der Waals surface area (Å²) >= 11 is 0. The third kappa shape index (κ3) is 6.09. The molecule has 1 aliphatic rings. The molecule has 6 nitrogen and oxygen atoms in total. The van der Waals surface area contributed by atoms with E-state index >= 15 is 0 Å². The Labute approximate surface area is 170 Å². The molecule has 0 unspecified atom stereocenters. The molecule has 2 N–H and O–H groups in total. The predicted molar refractivity (Wildman–Crippen MR) is 109 cm³/mol. The fourth-order valence-electron chi connectivity index (χ4n) is 3.56. The van der Waals surface area contributed by atoms with Gasteiger partial charge in [0.05, 0.1) is 11.3 Å². The molecule has 1 heterocycles. The minimum absolute atomic E-state index is 0.0762. The lowest BCUT2D eigenvalue weighted by Crippen LogP contribution is -2.32. The smallest absolute Gasteiger partial charge is 0.335 e. The summed E-state index contributed by atoms with van der Waals surface area (Å²) < 4.78 is 41.3. The number of carbonyl (C=O) groups is 1. The third-order valence-electron chi connectivity index (χ3n) is 5.14. The van der Waals surface area contributed by atoms with Crippen LogP contribution in [0, 0.1) is 0 Å². The van der Waals surface area contributed by atoms with Crippen molar-refractivity contribution in [1.29, 1.82) is 0 Å². The van der Waals surface area contributed by atoms with Crippen molar-refractivity contribution in [3.8, 4) is 0 Å². The van der Waals surface area contributed by atoms with Gasteiger partial charge >= 0.3 is 5.97 Å². The van der Waals surface area contributed by atoms with Gasteiger partial charge in [-0.25, -0.2) is 22.3 Å². The highest BCUT2D eigenvalue weighted by molar-refractivity contribution is 7.89. The van der Waals surface area contributed by atoms with E-state index in [9.17, 15) is 17.6 Å². The Morgan fingerprint density at radius 3 is 2.45 bits per heavy atom. The molecule has 2 atom stereocenters. The Bertz CT molecular complexity index is 919. The van der Waals surface area contributed by atoms with Gasteiger partial charge in [0.15, 0.2) is 0 Å². The summed E-state index contributed by atoms with van der Waals surface area (Å²) in [5.41, 5.74) is 1.82. The molecular weight excluding hydrogens is 395 g/mol. The van der Waals surface area contributed by atoms with E-state index in [-0.39, 0.29) is 23.9 Å². The van der Waals surface area contributed by atoms with Crippen LogP contribution in [-0.2, 0) is 16.6 Å². The number of carboxylic acid groups (broad SMARTS) is 1. The number of aromatic carboxylic acids is 1. The van der Waals surface area contributed by atoms with Gasteiger partial charge in [-0.2, -0.15) is 0 Å². The maximum atomic E-state index is 13.7. The molecule has 1 fully saturated rings. The van der Waals surface area contributed by atoms with Crippen molar-refractivity contribution in [1.82, 2.24) is 9.62 Å². The normalized spacial score (nSPS) is 18.6. The maximum Gasteiger partial charge on any atom is 0.335 e. The van der Waals surface area contributed by atoms with Gasteiger partial charge in [0.25, 0.3) is 0 Å². The Balaban J connectivity index is 1.61. The molecule has 29 heavy (non-hydrogen) atoms. The number of hydrogen-bond acceptors (Lipinski definition) is 4. The average Bonchev–Trinajstić information content (AvgIpc) is 3.14. The zero-order valence-corrected chi connectivity index (χ0v) is 16.8. The Morgan fingerprint density at radius 1 is 1.17 bits per heavy atom. The number of sulfonamides is 1. The van der Waals surface area contributed by atoms with E-state index in [1.807, 2.05) is 35.2 Å². The Hall–Kier alpha value is -2.29. The van der Waals surface area contributed by atoms with Gasteiger partial charge in [-0.05, 0) is 36.1 Å². The molecule has 156 valence electrons.